The van der Waals surface area contributed by atoms with Crippen LogP contribution in [-0.4, -0.2) is 12.1 Å². The third-order valence-electron chi connectivity index (χ3n) is 4.15. The summed E-state index contributed by atoms with van der Waals surface area (Å²) in [6, 6.07) is 8.43. The Morgan fingerprint density at radius 1 is 1.35 bits per heavy atom. The predicted octanol–water partition coefficient (Wildman–Crippen LogP) is 1.52. The second kappa shape index (κ2) is 5.44. The molecule has 1 aromatic rings. The zero-order valence-corrected chi connectivity index (χ0v) is 12.3. The molecule has 1 aliphatic rings. The third kappa shape index (κ3) is 2.09. The molecule has 1 atom stereocenters. The van der Waals surface area contributed by atoms with E-state index in [1.54, 1.807) is 25.1 Å². The molecule has 0 aliphatic heterocycles. The van der Waals surface area contributed by atoms with E-state index >= 15 is 0 Å². The number of ketones is 1. The van der Waals surface area contributed by atoms with Gasteiger partial charge in [0.2, 0.25) is 0 Å². The van der Waals surface area contributed by atoms with Crippen molar-refractivity contribution in [1.82, 2.24) is 0 Å². The minimum atomic E-state index is -1.89. The summed E-state index contributed by atoms with van der Waals surface area (Å²) in [6.07, 6.45) is -0.381. The molecule has 0 spiro atoms. The van der Waals surface area contributed by atoms with Crippen molar-refractivity contribution in [1.29, 1.82) is 15.8 Å². The first-order valence-electron chi connectivity index (χ1n) is 6.67. The molecule has 0 saturated carbocycles. The molecule has 1 unspecified atom stereocenters. The summed E-state index contributed by atoms with van der Waals surface area (Å²) >= 11 is 0. The Balaban J connectivity index is 2.57. The van der Waals surface area contributed by atoms with Gasteiger partial charge in [-0.25, -0.2) is 0 Å². The van der Waals surface area contributed by atoms with Crippen molar-refractivity contribution in [2.75, 3.05) is 0 Å². The van der Waals surface area contributed by atoms with Crippen molar-refractivity contribution in [2.45, 2.75) is 19.8 Å². The van der Waals surface area contributed by atoms with Gasteiger partial charge in [0.25, 0.3) is 0 Å². The average Bonchev–Trinajstić information content (AvgIpc) is 3.09. The van der Waals surface area contributed by atoms with Crippen LogP contribution in [0.3, 0.4) is 0 Å². The lowest BCUT2D eigenvalue weighted by Gasteiger charge is -2.30. The molecule has 1 aliphatic carbocycles. The molecule has 7 heteroatoms. The van der Waals surface area contributed by atoms with E-state index in [-0.39, 0.29) is 23.5 Å². The van der Waals surface area contributed by atoms with Crippen molar-refractivity contribution in [2.24, 2.45) is 16.6 Å². The topological polar surface area (TPSA) is 145 Å². The fourth-order valence-electron chi connectivity index (χ4n) is 2.79. The first kappa shape index (κ1) is 16.0. The molecule has 2 rings (SSSR count). The zero-order chi connectivity index (χ0) is 17.3. The van der Waals surface area contributed by atoms with Gasteiger partial charge in [-0.05, 0) is 19.1 Å². The molecule has 0 amide bonds. The summed E-state index contributed by atoms with van der Waals surface area (Å²) in [5.41, 5.74) is 1.90. The number of rotatable bonds is 4. The lowest BCUT2D eigenvalue weighted by Crippen LogP contribution is -2.41. The fraction of sp³-hybridized carbons (Fsp3) is 0.312. The fourth-order valence-corrected chi connectivity index (χ4v) is 2.79. The van der Waals surface area contributed by atoms with Crippen LogP contribution in [0.4, 0.5) is 0 Å². The van der Waals surface area contributed by atoms with Gasteiger partial charge in [-0.2, -0.15) is 15.8 Å². The first-order chi connectivity index (χ1) is 10.9. The van der Waals surface area contributed by atoms with E-state index in [2.05, 4.69) is 0 Å². The zero-order valence-electron chi connectivity index (χ0n) is 12.3. The number of aryl methyl sites for hydroxylation is 1. The molecular weight excluding hydrogens is 296 g/mol. The Morgan fingerprint density at radius 2 is 2.00 bits per heavy atom. The standard InChI is InChI=1S/C16H12N4O3/c1-10-2-3-13(23-10)12(22)5-16(9-19)14(20)11(6-21)4-15(16,7-17)8-18/h2-3,6H,4-5,20H2,1H3. The molecule has 114 valence electrons. The number of allylic oxidation sites excluding steroid dienone is 2. The Hall–Kier alpha value is -3.37. The molecule has 2 N–H and O–H groups in total. The lowest BCUT2D eigenvalue weighted by atomic mass is 9.64. The van der Waals surface area contributed by atoms with Crippen molar-refractivity contribution < 1.29 is 14.0 Å². The number of carbonyl (C=O) groups excluding carboxylic acids is 2. The molecule has 0 radical (unpaired) electrons. The molecule has 0 bridgehead atoms. The van der Waals surface area contributed by atoms with Crippen molar-refractivity contribution in [3.63, 3.8) is 0 Å². The van der Waals surface area contributed by atoms with Gasteiger partial charge in [-0.15, -0.1) is 0 Å². The summed E-state index contributed by atoms with van der Waals surface area (Å²) < 4.78 is 5.22. The number of nitrogens with two attached hydrogens (primary N) is 1. The smallest absolute Gasteiger partial charge is 0.200 e. The predicted molar refractivity (Wildman–Crippen MR) is 76.0 cm³/mol. The van der Waals surface area contributed by atoms with Crippen LogP contribution in [0.2, 0.25) is 0 Å². The summed E-state index contributed by atoms with van der Waals surface area (Å²) in [7, 11) is 0. The number of furan rings is 1. The Morgan fingerprint density at radius 3 is 2.43 bits per heavy atom. The average molecular weight is 308 g/mol. The van der Waals surface area contributed by atoms with Gasteiger partial charge in [0.05, 0.1) is 18.2 Å². The van der Waals surface area contributed by atoms with Gasteiger partial charge >= 0.3 is 0 Å². The highest BCUT2D eigenvalue weighted by Gasteiger charge is 2.62. The Labute approximate surface area is 132 Å². The maximum Gasteiger partial charge on any atom is 0.200 e. The maximum absolute atomic E-state index is 12.4. The number of hydrogen-bond acceptors (Lipinski definition) is 7. The molecule has 7 nitrogen and oxygen atoms in total. The highest BCUT2D eigenvalue weighted by Crippen LogP contribution is 2.55. The van der Waals surface area contributed by atoms with E-state index < -0.39 is 23.0 Å². The summed E-state index contributed by atoms with van der Waals surface area (Å²) in [4.78, 5) is 23.5. The number of Topliss-reactive ketones (excluding diaryl/α,β-unsaturated/α-hetero) is 1. The largest absolute Gasteiger partial charge is 0.458 e. The minimum Gasteiger partial charge on any atom is -0.458 e. The van der Waals surface area contributed by atoms with E-state index in [1.165, 1.54) is 6.07 Å². The number of hydrogen-bond donors (Lipinski definition) is 1. The van der Waals surface area contributed by atoms with Gasteiger partial charge in [-0.1, -0.05) is 0 Å². The molecule has 1 aromatic heterocycles. The van der Waals surface area contributed by atoms with E-state index in [0.29, 0.717) is 12.0 Å². The molecule has 23 heavy (non-hydrogen) atoms. The van der Waals surface area contributed by atoms with Crippen LogP contribution in [0, 0.1) is 51.7 Å². The highest BCUT2D eigenvalue weighted by molar-refractivity contribution is 5.95. The number of nitriles is 3. The van der Waals surface area contributed by atoms with Crippen LogP contribution in [-0.2, 0) is 4.79 Å². The maximum atomic E-state index is 12.4. The van der Waals surface area contributed by atoms with Crippen molar-refractivity contribution >= 4 is 12.1 Å². The Kier molecular flexibility index (Phi) is 3.79. The van der Waals surface area contributed by atoms with E-state index in [9.17, 15) is 25.4 Å². The van der Waals surface area contributed by atoms with Crippen LogP contribution in [0.5, 0.6) is 0 Å². The van der Waals surface area contributed by atoms with Gasteiger partial charge in [0.15, 0.2) is 17.0 Å². The quantitative estimate of drug-likeness (QED) is 0.655. The Bertz CT molecular complexity index is 830. The monoisotopic (exact) mass is 308 g/mol. The van der Waals surface area contributed by atoms with E-state index in [1.807, 2.05) is 6.07 Å². The minimum absolute atomic E-state index is 0.00178. The number of aldehydes is 1. The van der Waals surface area contributed by atoms with Gasteiger partial charge < -0.3 is 10.2 Å². The normalized spacial score (nSPS) is 22.0. The van der Waals surface area contributed by atoms with E-state index in [4.69, 9.17) is 10.2 Å². The highest BCUT2D eigenvalue weighted by atomic mass is 16.3. The van der Waals surface area contributed by atoms with Gasteiger partial charge in [0, 0.05) is 24.1 Å². The second-order valence-corrected chi connectivity index (χ2v) is 5.39. The van der Waals surface area contributed by atoms with Crippen LogP contribution in [0.1, 0.15) is 29.2 Å². The second-order valence-electron chi connectivity index (χ2n) is 5.39. The summed E-state index contributed by atoms with van der Waals surface area (Å²) in [5, 5.41) is 28.5. The van der Waals surface area contributed by atoms with Crippen LogP contribution in [0.25, 0.3) is 0 Å². The van der Waals surface area contributed by atoms with Crippen LogP contribution in [0.15, 0.2) is 27.8 Å². The molecule has 0 saturated heterocycles. The summed E-state index contributed by atoms with van der Waals surface area (Å²) in [5.74, 6) is -0.0476. The third-order valence-corrected chi connectivity index (χ3v) is 4.15. The van der Waals surface area contributed by atoms with Crippen molar-refractivity contribution in [3.05, 3.63) is 34.9 Å². The van der Waals surface area contributed by atoms with Crippen molar-refractivity contribution in [3.8, 4) is 18.2 Å². The van der Waals surface area contributed by atoms with Crippen LogP contribution >= 0.6 is 0 Å². The van der Waals surface area contributed by atoms with Gasteiger partial charge in [-0.3, -0.25) is 9.59 Å². The van der Waals surface area contributed by atoms with E-state index in [0.717, 1.165) is 0 Å². The van der Waals surface area contributed by atoms with Gasteiger partial charge in [0.1, 0.15) is 17.5 Å². The first-order valence-corrected chi connectivity index (χ1v) is 6.67. The SMILES string of the molecule is Cc1ccc(C(=O)CC2(C#N)C(N)=C(C=O)CC2(C#N)C#N)o1. The molecule has 0 aromatic carbocycles. The summed E-state index contributed by atoms with van der Waals surface area (Å²) in [6.45, 7) is 1.65. The number of carbonyl (C=O) groups is 2. The lowest BCUT2D eigenvalue weighted by molar-refractivity contribution is -0.105. The number of nitrogens with zero attached hydrogens (tertiary/aromatic N) is 3. The molecular formula is C16H12N4O3. The van der Waals surface area contributed by atoms with Crippen LogP contribution < -0.4 is 5.73 Å². The molecule has 1 heterocycles. The molecule has 0 fully saturated rings.